The lowest BCUT2D eigenvalue weighted by Crippen LogP contribution is -2.12. The molecule has 134 valence electrons. The predicted octanol–water partition coefficient (Wildman–Crippen LogP) is 3.89. The smallest absolute Gasteiger partial charge is 0.343 e. The molecule has 0 aromatic heterocycles. The lowest BCUT2D eigenvalue weighted by molar-refractivity contribution is 0.0734. The molecule has 0 spiro atoms. The molecule has 6 heteroatoms. The van der Waals surface area contributed by atoms with Crippen LogP contribution < -0.4 is 19.5 Å². The number of amides is 1. The largest absolute Gasteiger partial charge is 0.454 e. The molecule has 0 unspecified atom stereocenters. The third kappa shape index (κ3) is 3.74. The number of carbonyl (C=O) groups excluding carboxylic acids is 2. The molecule has 1 aliphatic heterocycles. The monoisotopic (exact) mass is 361 g/mol. The normalized spacial score (nSPS) is 11.7. The summed E-state index contributed by atoms with van der Waals surface area (Å²) in [7, 11) is 0. The van der Waals surface area contributed by atoms with Crippen molar-refractivity contribution in [1.82, 2.24) is 0 Å². The molecule has 1 amide bonds. The molecule has 1 aliphatic rings. The van der Waals surface area contributed by atoms with E-state index in [1.807, 2.05) is 6.07 Å². The third-order valence-corrected chi connectivity index (χ3v) is 3.95. The van der Waals surface area contributed by atoms with Gasteiger partial charge in [0.2, 0.25) is 6.79 Å². The van der Waals surface area contributed by atoms with Crippen LogP contribution in [0.5, 0.6) is 17.2 Å². The summed E-state index contributed by atoms with van der Waals surface area (Å²) in [5.41, 5.74) is 1.41. The summed E-state index contributed by atoms with van der Waals surface area (Å²) in [6.07, 6.45) is 0. The van der Waals surface area contributed by atoms with Crippen molar-refractivity contribution in [1.29, 1.82) is 0 Å². The second-order valence-electron chi connectivity index (χ2n) is 5.81. The Morgan fingerprint density at radius 3 is 2.48 bits per heavy atom. The van der Waals surface area contributed by atoms with Gasteiger partial charge in [-0.2, -0.15) is 0 Å². The van der Waals surface area contributed by atoms with Crippen LogP contribution >= 0.6 is 0 Å². The molecule has 0 fully saturated rings. The number of anilines is 1. The van der Waals surface area contributed by atoms with E-state index in [-0.39, 0.29) is 12.7 Å². The van der Waals surface area contributed by atoms with E-state index < -0.39 is 5.97 Å². The zero-order valence-electron chi connectivity index (χ0n) is 14.2. The number of fused-ring (bicyclic) bond motifs is 1. The average molecular weight is 361 g/mol. The topological polar surface area (TPSA) is 73.9 Å². The van der Waals surface area contributed by atoms with Crippen LogP contribution in [0.4, 0.5) is 5.69 Å². The lowest BCUT2D eigenvalue weighted by atomic mass is 10.2. The van der Waals surface area contributed by atoms with Crippen molar-refractivity contribution in [3.8, 4) is 17.2 Å². The van der Waals surface area contributed by atoms with E-state index in [0.29, 0.717) is 34.1 Å². The van der Waals surface area contributed by atoms with Crippen LogP contribution in [-0.4, -0.2) is 18.7 Å². The third-order valence-electron chi connectivity index (χ3n) is 3.95. The van der Waals surface area contributed by atoms with Gasteiger partial charge < -0.3 is 19.5 Å². The number of rotatable bonds is 4. The Morgan fingerprint density at radius 2 is 1.63 bits per heavy atom. The summed E-state index contributed by atoms with van der Waals surface area (Å²) in [5.74, 6) is 0.656. The van der Waals surface area contributed by atoms with Gasteiger partial charge in [0.05, 0.1) is 5.56 Å². The van der Waals surface area contributed by atoms with Crippen LogP contribution in [-0.2, 0) is 0 Å². The minimum atomic E-state index is -0.528. The van der Waals surface area contributed by atoms with Crippen molar-refractivity contribution in [2.24, 2.45) is 0 Å². The first kappa shape index (κ1) is 16.7. The molecule has 0 aliphatic carbocycles. The summed E-state index contributed by atoms with van der Waals surface area (Å²) in [6, 6.07) is 20.4. The Morgan fingerprint density at radius 1 is 0.815 bits per heavy atom. The molecular weight excluding hydrogens is 346 g/mol. The molecule has 0 radical (unpaired) electrons. The molecule has 27 heavy (non-hydrogen) atoms. The van der Waals surface area contributed by atoms with Gasteiger partial charge in [0.1, 0.15) is 5.75 Å². The van der Waals surface area contributed by atoms with E-state index >= 15 is 0 Å². The van der Waals surface area contributed by atoms with Crippen molar-refractivity contribution in [2.45, 2.75) is 0 Å². The highest BCUT2D eigenvalue weighted by Gasteiger charge is 2.17. The van der Waals surface area contributed by atoms with Crippen LogP contribution in [0.15, 0.2) is 72.8 Å². The van der Waals surface area contributed by atoms with Crippen molar-refractivity contribution in [3.05, 3.63) is 83.9 Å². The maximum absolute atomic E-state index is 12.4. The first-order valence-electron chi connectivity index (χ1n) is 8.27. The maximum atomic E-state index is 12.4. The van der Waals surface area contributed by atoms with Crippen molar-refractivity contribution in [3.63, 3.8) is 0 Å². The minimum absolute atomic E-state index is 0.136. The number of benzene rings is 3. The number of esters is 1. The highest BCUT2D eigenvalue weighted by atomic mass is 16.7. The van der Waals surface area contributed by atoms with Crippen LogP contribution in [0.1, 0.15) is 20.7 Å². The van der Waals surface area contributed by atoms with Gasteiger partial charge in [-0.15, -0.1) is 0 Å². The fraction of sp³-hybridized carbons (Fsp3) is 0.0476. The summed E-state index contributed by atoms with van der Waals surface area (Å²) >= 11 is 0. The standard InChI is InChI=1S/C21H15NO5/c23-20(14-5-2-1-3-6-14)22-16-7-4-8-17(12-16)27-21(24)15-9-10-18-19(11-15)26-13-25-18/h1-12H,13H2,(H,22,23). The summed E-state index contributed by atoms with van der Waals surface area (Å²) in [5, 5.41) is 2.78. The first-order chi connectivity index (χ1) is 13.2. The van der Waals surface area contributed by atoms with E-state index in [1.54, 1.807) is 66.7 Å². The van der Waals surface area contributed by atoms with Crippen LogP contribution in [0, 0.1) is 0 Å². The first-order valence-corrected chi connectivity index (χ1v) is 8.27. The van der Waals surface area contributed by atoms with Gasteiger partial charge in [0, 0.05) is 17.3 Å². The summed E-state index contributed by atoms with van der Waals surface area (Å²) in [6.45, 7) is 0.136. The van der Waals surface area contributed by atoms with Gasteiger partial charge in [-0.3, -0.25) is 4.79 Å². The zero-order valence-corrected chi connectivity index (χ0v) is 14.2. The molecule has 6 nitrogen and oxygen atoms in total. The Bertz CT molecular complexity index is 1000. The molecule has 3 aromatic carbocycles. The Kier molecular flexibility index (Phi) is 4.45. The Labute approximate surface area is 155 Å². The second-order valence-corrected chi connectivity index (χ2v) is 5.81. The zero-order chi connectivity index (χ0) is 18.6. The van der Waals surface area contributed by atoms with Gasteiger partial charge in [-0.25, -0.2) is 4.79 Å². The highest BCUT2D eigenvalue weighted by molar-refractivity contribution is 6.04. The lowest BCUT2D eigenvalue weighted by Gasteiger charge is -2.08. The van der Waals surface area contributed by atoms with E-state index in [2.05, 4.69) is 5.32 Å². The Hall–Kier alpha value is -3.80. The molecule has 1 heterocycles. The molecule has 0 saturated heterocycles. The van der Waals surface area contributed by atoms with Gasteiger partial charge >= 0.3 is 5.97 Å². The number of hydrogen-bond acceptors (Lipinski definition) is 5. The molecule has 3 aromatic rings. The molecule has 1 N–H and O–H groups in total. The minimum Gasteiger partial charge on any atom is -0.454 e. The van der Waals surface area contributed by atoms with Gasteiger partial charge in [-0.05, 0) is 42.5 Å². The van der Waals surface area contributed by atoms with Crippen molar-refractivity contribution >= 4 is 17.6 Å². The summed E-state index contributed by atoms with van der Waals surface area (Å²) in [4.78, 5) is 24.6. The molecule has 4 rings (SSSR count). The van der Waals surface area contributed by atoms with Crippen LogP contribution in [0.2, 0.25) is 0 Å². The fourth-order valence-electron chi connectivity index (χ4n) is 2.62. The van der Waals surface area contributed by atoms with Crippen molar-refractivity contribution in [2.75, 3.05) is 12.1 Å². The second kappa shape index (κ2) is 7.21. The summed E-state index contributed by atoms with van der Waals surface area (Å²) < 4.78 is 15.9. The quantitative estimate of drug-likeness (QED) is 0.564. The average Bonchev–Trinajstić information content (AvgIpc) is 3.16. The van der Waals surface area contributed by atoms with Gasteiger partial charge in [0.15, 0.2) is 11.5 Å². The van der Waals surface area contributed by atoms with Gasteiger partial charge in [0.25, 0.3) is 5.91 Å². The fourth-order valence-corrected chi connectivity index (χ4v) is 2.62. The van der Waals surface area contributed by atoms with E-state index in [4.69, 9.17) is 14.2 Å². The SMILES string of the molecule is O=C(Nc1cccc(OC(=O)c2ccc3c(c2)OCO3)c1)c1ccccc1. The number of nitrogens with one attached hydrogen (secondary N) is 1. The molecule has 0 atom stereocenters. The van der Waals surface area contributed by atoms with E-state index in [9.17, 15) is 9.59 Å². The number of carbonyl (C=O) groups is 2. The van der Waals surface area contributed by atoms with Crippen LogP contribution in [0.3, 0.4) is 0 Å². The predicted molar refractivity (Wildman–Crippen MR) is 98.4 cm³/mol. The molecule has 0 saturated carbocycles. The van der Waals surface area contributed by atoms with Crippen LogP contribution in [0.25, 0.3) is 0 Å². The van der Waals surface area contributed by atoms with E-state index in [0.717, 1.165) is 0 Å². The van der Waals surface area contributed by atoms with Crippen molar-refractivity contribution < 1.29 is 23.8 Å². The molecule has 0 bridgehead atoms. The van der Waals surface area contributed by atoms with E-state index in [1.165, 1.54) is 0 Å². The highest BCUT2D eigenvalue weighted by Crippen LogP contribution is 2.32. The Balaban J connectivity index is 1.46. The molecular formula is C21H15NO5. The van der Waals surface area contributed by atoms with Gasteiger partial charge in [-0.1, -0.05) is 24.3 Å². The maximum Gasteiger partial charge on any atom is 0.343 e. The number of ether oxygens (including phenoxy) is 3. The number of hydrogen-bond donors (Lipinski definition) is 1.